The van der Waals surface area contributed by atoms with Crippen LogP contribution in [0.4, 0.5) is 5.69 Å². The van der Waals surface area contributed by atoms with Gasteiger partial charge in [-0.15, -0.1) is 0 Å². The van der Waals surface area contributed by atoms with E-state index in [0.717, 1.165) is 5.56 Å². The van der Waals surface area contributed by atoms with Gasteiger partial charge in [-0.2, -0.15) is 0 Å². The number of benzene rings is 2. The molecule has 28 heavy (non-hydrogen) atoms. The Morgan fingerprint density at radius 2 is 1.57 bits per heavy atom. The van der Waals surface area contributed by atoms with Gasteiger partial charge in [-0.3, -0.25) is 9.59 Å². The molecule has 0 bridgehead atoms. The summed E-state index contributed by atoms with van der Waals surface area (Å²) >= 11 is 0. The molecule has 2 rings (SSSR count). The third-order valence-corrected chi connectivity index (χ3v) is 4.25. The molecule has 0 unspecified atom stereocenters. The van der Waals surface area contributed by atoms with E-state index in [4.69, 9.17) is 14.2 Å². The number of carbonyl (C=O) groups excluding carboxylic acids is 2. The van der Waals surface area contributed by atoms with Crippen LogP contribution in [0.2, 0.25) is 0 Å². The van der Waals surface area contributed by atoms with Crippen LogP contribution in [0, 0.1) is 0 Å². The van der Waals surface area contributed by atoms with Crippen LogP contribution in [0.5, 0.6) is 11.5 Å². The summed E-state index contributed by atoms with van der Waals surface area (Å²) in [4.78, 5) is 23.9. The number of carbonyl (C=O) groups is 2. The third kappa shape index (κ3) is 6.61. The first-order valence-electron chi connectivity index (χ1n) is 9.18. The summed E-state index contributed by atoms with van der Waals surface area (Å²) < 4.78 is 15.5. The van der Waals surface area contributed by atoms with Gasteiger partial charge in [0, 0.05) is 18.2 Å². The summed E-state index contributed by atoms with van der Waals surface area (Å²) in [6.07, 6.45) is 0.622. The van der Waals surface area contributed by atoms with Crippen LogP contribution in [-0.2, 0) is 20.7 Å². The van der Waals surface area contributed by atoms with E-state index in [0.29, 0.717) is 29.5 Å². The second kappa shape index (κ2) is 10.3. The van der Waals surface area contributed by atoms with Crippen molar-refractivity contribution >= 4 is 17.6 Å². The first-order valence-corrected chi connectivity index (χ1v) is 9.18. The molecule has 0 fully saturated rings. The number of anilines is 1. The molecule has 0 aliphatic carbocycles. The van der Waals surface area contributed by atoms with Crippen LogP contribution in [-0.4, -0.2) is 32.7 Å². The maximum absolute atomic E-state index is 12.0. The van der Waals surface area contributed by atoms with Gasteiger partial charge in [-0.05, 0) is 47.7 Å². The molecule has 0 atom stereocenters. The van der Waals surface area contributed by atoms with Crippen LogP contribution in [0.15, 0.2) is 42.5 Å². The van der Waals surface area contributed by atoms with Crippen molar-refractivity contribution in [3.8, 4) is 11.5 Å². The molecule has 150 valence electrons. The van der Waals surface area contributed by atoms with Crippen LogP contribution in [0.3, 0.4) is 0 Å². The van der Waals surface area contributed by atoms with E-state index in [2.05, 4.69) is 19.2 Å². The number of ether oxygens (including phenoxy) is 3. The molecule has 0 saturated carbocycles. The molecule has 2 aromatic rings. The van der Waals surface area contributed by atoms with E-state index in [1.807, 2.05) is 36.4 Å². The fourth-order valence-corrected chi connectivity index (χ4v) is 2.62. The lowest BCUT2D eigenvalue weighted by Crippen LogP contribution is -2.21. The zero-order chi connectivity index (χ0) is 20.5. The molecule has 1 amide bonds. The molecule has 2 aromatic carbocycles. The van der Waals surface area contributed by atoms with E-state index in [9.17, 15) is 9.59 Å². The highest BCUT2D eigenvalue weighted by Gasteiger charge is 2.10. The van der Waals surface area contributed by atoms with Gasteiger partial charge in [0.05, 0.1) is 14.2 Å². The third-order valence-electron chi connectivity index (χ3n) is 4.25. The number of esters is 1. The molecule has 0 aromatic heterocycles. The van der Waals surface area contributed by atoms with Gasteiger partial charge < -0.3 is 19.5 Å². The Labute approximate surface area is 165 Å². The second-order valence-corrected chi connectivity index (χ2v) is 6.71. The smallest absolute Gasteiger partial charge is 0.306 e. The maximum atomic E-state index is 12.0. The number of hydrogen-bond donors (Lipinski definition) is 1. The van der Waals surface area contributed by atoms with Crippen molar-refractivity contribution in [2.24, 2.45) is 0 Å². The van der Waals surface area contributed by atoms with E-state index in [1.165, 1.54) is 5.56 Å². The zero-order valence-corrected chi connectivity index (χ0v) is 16.8. The van der Waals surface area contributed by atoms with Crippen molar-refractivity contribution in [3.63, 3.8) is 0 Å². The van der Waals surface area contributed by atoms with Crippen molar-refractivity contribution < 1.29 is 23.8 Å². The summed E-state index contributed by atoms with van der Waals surface area (Å²) in [7, 11) is 3.14. The molecule has 6 heteroatoms. The van der Waals surface area contributed by atoms with Crippen LogP contribution in [0.25, 0.3) is 0 Å². The summed E-state index contributed by atoms with van der Waals surface area (Å²) in [6.45, 7) is 3.90. The number of amides is 1. The van der Waals surface area contributed by atoms with Gasteiger partial charge in [0.25, 0.3) is 5.91 Å². The number of rotatable bonds is 9. The predicted octanol–water partition coefficient (Wildman–Crippen LogP) is 3.94. The van der Waals surface area contributed by atoms with E-state index >= 15 is 0 Å². The van der Waals surface area contributed by atoms with Crippen molar-refractivity contribution in [2.75, 3.05) is 26.1 Å². The Balaban J connectivity index is 1.78. The summed E-state index contributed by atoms with van der Waals surface area (Å²) in [5.74, 6) is 0.937. The Morgan fingerprint density at radius 3 is 2.11 bits per heavy atom. The Morgan fingerprint density at radius 1 is 0.964 bits per heavy atom. The van der Waals surface area contributed by atoms with Gasteiger partial charge in [0.2, 0.25) is 0 Å². The average molecular weight is 385 g/mol. The Kier molecular flexibility index (Phi) is 7.87. The largest absolute Gasteiger partial charge is 0.497 e. The molecule has 0 aliphatic rings. The summed E-state index contributed by atoms with van der Waals surface area (Å²) in [5.41, 5.74) is 2.76. The molecule has 0 aliphatic heterocycles. The molecular weight excluding hydrogens is 358 g/mol. The zero-order valence-electron chi connectivity index (χ0n) is 16.8. The normalized spacial score (nSPS) is 10.5. The molecular formula is C22H27NO5. The quantitative estimate of drug-likeness (QED) is 0.662. The summed E-state index contributed by atoms with van der Waals surface area (Å²) in [5, 5.41) is 2.72. The Hall–Kier alpha value is -3.02. The van der Waals surface area contributed by atoms with Crippen molar-refractivity contribution in [2.45, 2.75) is 32.6 Å². The first kappa shape index (κ1) is 21.3. The molecule has 0 saturated heterocycles. The lowest BCUT2D eigenvalue weighted by molar-refractivity contribution is -0.147. The van der Waals surface area contributed by atoms with Crippen LogP contribution >= 0.6 is 0 Å². The van der Waals surface area contributed by atoms with Crippen molar-refractivity contribution in [1.29, 1.82) is 0 Å². The van der Waals surface area contributed by atoms with Crippen LogP contribution in [0.1, 0.15) is 37.3 Å². The number of aryl methyl sites for hydroxylation is 1. The number of hydrogen-bond acceptors (Lipinski definition) is 5. The molecule has 6 nitrogen and oxygen atoms in total. The minimum atomic E-state index is -0.438. The average Bonchev–Trinajstić information content (AvgIpc) is 2.70. The molecule has 1 N–H and O–H groups in total. The highest BCUT2D eigenvalue weighted by molar-refractivity contribution is 5.92. The number of methoxy groups -OCH3 is 2. The molecule has 0 radical (unpaired) electrons. The molecule has 0 spiro atoms. The minimum absolute atomic E-state index is 0.159. The van der Waals surface area contributed by atoms with Gasteiger partial charge in [0.15, 0.2) is 6.61 Å². The van der Waals surface area contributed by atoms with E-state index in [-0.39, 0.29) is 18.9 Å². The number of nitrogens with one attached hydrogen (secondary N) is 1. The van der Waals surface area contributed by atoms with Gasteiger partial charge in [-0.1, -0.05) is 26.0 Å². The lowest BCUT2D eigenvalue weighted by atomic mass is 10.0. The highest BCUT2D eigenvalue weighted by Crippen LogP contribution is 2.23. The maximum Gasteiger partial charge on any atom is 0.306 e. The highest BCUT2D eigenvalue weighted by atomic mass is 16.5. The SMILES string of the molecule is COc1cc(CCC(=O)OCC(=O)Nc2ccc(C(C)C)cc2)cc(OC)c1. The van der Waals surface area contributed by atoms with Gasteiger partial charge >= 0.3 is 5.97 Å². The minimum Gasteiger partial charge on any atom is -0.497 e. The van der Waals surface area contributed by atoms with E-state index in [1.54, 1.807) is 20.3 Å². The monoisotopic (exact) mass is 385 g/mol. The van der Waals surface area contributed by atoms with Gasteiger partial charge in [-0.25, -0.2) is 0 Å². The molecule has 0 heterocycles. The standard InChI is InChI=1S/C22H27NO5/c1-15(2)17-6-8-18(9-7-17)23-21(24)14-28-22(25)10-5-16-11-19(26-3)13-20(12-16)27-4/h6-9,11-13,15H,5,10,14H2,1-4H3,(H,23,24). The Bertz CT molecular complexity index is 777. The topological polar surface area (TPSA) is 73.9 Å². The second-order valence-electron chi connectivity index (χ2n) is 6.71. The van der Waals surface area contributed by atoms with Crippen molar-refractivity contribution in [3.05, 3.63) is 53.6 Å². The summed E-state index contributed by atoms with van der Waals surface area (Å²) in [6, 6.07) is 13.0. The fourth-order valence-electron chi connectivity index (χ4n) is 2.62. The fraction of sp³-hybridized carbons (Fsp3) is 0.364. The van der Waals surface area contributed by atoms with Gasteiger partial charge in [0.1, 0.15) is 11.5 Å². The first-order chi connectivity index (χ1) is 13.4. The predicted molar refractivity (Wildman–Crippen MR) is 108 cm³/mol. The van der Waals surface area contributed by atoms with Crippen molar-refractivity contribution in [1.82, 2.24) is 0 Å². The van der Waals surface area contributed by atoms with Crippen LogP contribution < -0.4 is 14.8 Å². The lowest BCUT2D eigenvalue weighted by Gasteiger charge is -2.10. The van der Waals surface area contributed by atoms with E-state index < -0.39 is 5.97 Å².